The number of hydrogen-bond acceptors (Lipinski definition) is 6. The first-order valence-electron chi connectivity index (χ1n) is 7.47. The maximum atomic E-state index is 11.8. The zero-order chi connectivity index (χ0) is 18.1. The lowest BCUT2D eigenvalue weighted by atomic mass is 10.2. The fraction of sp³-hybridized carbons (Fsp3) is 0.222. The standard InChI is InChI=1S/C18H20N2O4S/c1-22-15-9-13(10-16(23-2)18(15)24-3)11-19-20-17(21)12-25-14-7-5-4-6-8-14/h4-11H,12H2,1-3H3,(H,20,21)/b19-11+. The van der Waals surface area contributed by atoms with Crippen LogP contribution < -0.4 is 19.6 Å². The van der Waals surface area contributed by atoms with E-state index in [2.05, 4.69) is 10.5 Å². The largest absolute Gasteiger partial charge is 0.493 e. The van der Waals surface area contributed by atoms with Crippen LogP contribution >= 0.6 is 11.8 Å². The molecule has 2 aromatic rings. The van der Waals surface area contributed by atoms with Crippen LogP contribution in [0.4, 0.5) is 0 Å². The van der Waals surface area contributed by atoms with Gasteiger partial charge in [0.2, 0.25) is 11.7 Å². The molecule has 0 unspecified atom stereocenters. The Balaban J connectivity index is 1.96. The van der Waals surface area contributed by atoms with Crippen LogP contribution in [0.1, 0.15) is 5.56 Å². The van der Waals surface area contributed by atoms with E-state index in [-0.39, 0.29) is 11.7 Å². The number of benzene rings is 2. The molecule has 2 rings (SSSR count). The molecule has 0 aliphatic carbocycles. The number of carbonyl (C=O) groups excluding carboxylic acids is 1. The summed E-state index contributed by atoms with van der Waals surface area (Å²) in [4.78, 5) is 12.9. The summed E-state index contributed by atoms with van der Waals surface area (Å²) < 4.78 is 15.8. The number of carbonyl (C=O) groups is 1. The highest BCUT2D eigenvalue weighted by molar-refractivity contribution is 8.00. The second kappa shape index (κ2) is 9.58. The van der Waals surface area contributed by atoms with Crippen molar-refractivity contribution in [3.8, 4) is 17.2 Å². The van der Waals surface area contributed by atoms with E-state index < -0.39 is 0 Å². The Bertz CT molecular complexity index is 710. The number of ether oxygens (including phenoxy) is 3. The lowest BCUT2D eigenvalue weighted by molar-refractivity contribution is -0.118. The minimum absolute atomic E-state index is 0.183. The molecule has 0 aliphatic heterocycles. The smallest absolute Gasteiger partial charge is 0.250 e. The summed E-state index contributed by atoms with van der Waals surface area (Å²) >= 11 is 1.45. The number of rotatable bonds is 8. The molecule has 1 amide bonds. The van der Waals surface area contributed by atoms with Gasteiger partial charge >= 0.3 is 0 Å². The summed E-state index contributed by atoms with van der Waals surface area (Å²) in [6.45, 7) is 0. The van der Waals surface area contributed by atoms with Crippen molar-refractivity contribution in [3.05, 3.63) is 48.0 Å². The van der Waals surface area contributed by atoms with Crippen LogP contribution in [0.2, 0.25) is 0 Å². The first-order valence-corrected chi connectivity index (χ1v) is 8.46. The van der Waals surface area contributed by atoms with Gasteiger partial charge in [-0.05, 0) is 24.3 Å². The maximum absolute atomic E-state index is 11.8. The Morgan fingerprint density at radius 3 is 2.28 bits per heavy atom. The lowest BCUT2D eigenvalue weighted by Gasteiger charge is -2.12. The van der Waals surface area contributed by atoms with Gasteiger partial charge in [-0.25, -0.2) is 5.43 Å². The fourth-order valence-corrected chi connectivity index (χ4v) is 2.76. The molecule has 0 saturated heterocycles. The van der Waals surface area contributed by atoms with Gasteiger partial charge in [-0.1, -0.05) is 18.2 Å². The molecule has 6 nitrogen and oxygen atoms in total. The van der Waals surface area contributed by atoms with Crippen LogP contribution in [-0.2, 0) is 4.79 Å². The van der Waals surface area contributed by atoms with E-state index in [1.807, 2.05) is 30.3 Å². The number of thioether (sulfide) groups is 1. The van der Waals surface area contributed by atoms with E-state index >= 15 is 0 Å². The second-order valence-electron chi connectivity index (χ2n) is 4.85. The number of nitrogens with zero attached hydrogens (tertiary/aromatic N) is 1. The predicted octanol–water partition coefficient (Wildman–Crippen LogP) is 2.95. The Labute approximate surface area is 151 Å². The molecule has 0 aliphatic rings. The average molecular weight is 360 g/mol. The molecular formula is C18H20N2O4S. The van der Waals surface area contributed by atoms with Crippen LogP contribution in [0.5, 0.6) is 17.2 Å². The number of hydrazone groups is 1. The van der Waals surface area contributed by atoms with Crippen LogP contribution in [0.25, 0.3) is 0 Å². The second-order valence-corrected chi connectivity index (χ2v) is 5.90. The molecule has 0 radical (unpaired) electrons. The third-order valence-electron chi connectivity index (χ3n) is 3.20. The van der Waals surface area contributed by atoms with E-state index in [0.717, 1.165) is 4.90 Å². The van der Waals surface area contributed by atoms with Crippen LogP contribution in [0.3, 0.4) is 0 Å². The molecule has 0 heterocycles. The Morgan fingerprint density at radius 2 is 1.72 bits per heavy atom. The van der Waals surface area contributed by atoms with E-state index in [1.165, 1.54) is 18.0 Å². The molecule has 0 fully saturated rings. The van der Waals surface area contributed by atoms with Crippen molar-refractivity contribution in [1.82, 2.24) is 5.43 Å². The van der Waals surface area contributed by atoms with Crippen molar-refractivity contribution in [1.29, 1.82) is 0 Å². The number of hydrogen-bond donors (Lipinski definition) is 1. The van der Waals surface area contributed by atoms with Gasteiger partial charge in [-0.15, -0.1) is 11.8 Å². The molecular weight excluding hydrogens is 340 g/mol. The summed E-state index contributed by atoms with van der Waals surface area (Å²) in [7, 11) is 4.63. The predicted molar refractivity (Wildman–Crippen MR) is 99.0 cm³/mol. The van der Waals surface area contributed by atoms with E-state index in [4.69, 9.17) is 14.2 Å². The van der Waals surface area contributed by atoms with Crippen molar-refractivity contribution in [2.45, 2.75) is 4.90 Å². The van der Waals surface area contributed by atoms with Gasteiger partial charge in [0, 0.05) is 10.5 Å². The van der Waals surface area contributed by atoms with Gasteiger partial charge < -0.3 is 14.2 Å². The topological polar surface area (TPSA) is 69.2 Å². The zero-order valence-corrected chi connectivity index (χ0v) is 15.1. The van der Waals surface area contributed by atoms with Crippen molar-refractivity contribution in [2.24, 2.45) is 5.10 Å². The molecule has 25 heavy (non-hydrogen) atoms. The Hall–Kier alpha value is -2.67. The summed E-state index contributed by atoms with van der Waals surface area (Å²) in [5.74, 6) is 1.66. The first kappa shape index (κ1) is 18.7. The van der Waals surface area contributed by atoms with Gasteiger partial charge in [0.25, 0.3) is 0 Å². The van der Waals surface area contributed by atoms with Gasteiger partial charge in [0.1, 0.15) is 0 Å². The monoisotopic (exact) mass is 360 g/mol. The molecule has 0 aromatic heterocycles. The van der Waals surface area contributed by atoms with Crippen molar-refractivity contribution < 1.29 is 19.0 Å². The van der Waals surface area contributed by atoms with Crippen LogP contribution in [0.15, 0.2) is 52.5 Å². The normalized spacial score (nSPS) is 10.5. The molecule has 0 saturated carbocycles. The van der Waals surface area contributed by atoms with Gasteiger partial charge in [-0.2, -0.15) is 5.10 Å². The van der Waals surface area contributed by atoms with Crippen molar-refractivity contribution >= 4 is 23.9 Å². The van der Waals surface area contributed by atoms with Crippen molar-refractivity contribution in [3.63, 3.8) is 0 Å². The van der Waals surface area contributed by atoms with E-state index in [1.54, 1.807) is 33.5 Å². The number of methoxy groups -OCH3 is 3. The van der Waals surface area contributed by atoms with E-state index in [9.17, 15) is 4.79 Å². The first-order chi connectivity index (χ1) is 12.2. The summed E-state index contributed by atoms with van der Waals surface area (Å²) in [6, 6.07) is 13.2. The lowest BCUT2D eigenvalue weighted by Crippen LogP contribution is -2.19. The minimum atomic E-state index is -0.183. The highest BCUT2D eigenvalue weighted by Crippen LogP contribution is 2.37. The quantitative estimate of drug-likeness (QED) is 0.445. The van der Waals surface area contributed by atoms with Crippen LogP contribution in [-0.4, -0.2) is 39.2 Å². The molecule has 0 atom stereocenters. The third-order valence-corrected chi connectivity index (χ3v) is 4.22. The maximum Gasteiger partial charge on any atom is 0.250 e. The number of amides is 1. The molecule has 2 aromatic carbocycles. The summed E-state index contributed by atoms with van der Waals surface area (Å²) in [5, 5.41) is 3.97. The average Bonchev–Trinajstić information content (AvgIpc) is 2.66. The van der Waals surface area contributed by atoms with E-state index in [0.29, 0.717) is 22.8 Å². The van der Waals surface area contributed by atoms with Gasteiger partial charge in [0.15, 0.2) is 11.5 Å². The zero-order valence-electron chi connectivity index (χ0n) is 14.3. The third kappa shape index (κ3) is 5.42. The highest BCUT2D eigenvalue weighted by Gasteiger charge is 2.12. The highest BCUT2D eigenvalue weighted by atomic mass is 32.2. The minimum Gasteiger partial charge on any atom is -0.493 e. The number of nitrogens with one attached hydrogen (secondary N) is 1. The summed E-state index contributed by atoms with van der Waals surface area (Å²) in [5.41, 5.74) is 3.22. The van der Waals surface area contributed by atoms with Crippen LogP contribution in [0, 0.1) is 0 Å². The molecule has 0 spiro atoms. The summed E-state index contributed by atoms with van der Waals surface area (Å²) in [6.07, 6.45) is 1.52. The molecule has 132 valence electrons. The Kier molecular flexibility index (Phi) is 7.16. The van der Waals surface area contributed by atoms with Crippen molar-refractivity contribution in [2.75, 3.05) is 27.1 Å². The molecule has 1 N–H and O–H groups in total. The molecule has 0 bridgehead atoms. The fourth-order valence-electron chi connectivity index (χ4n) is 2.05. The Morgan fingerprint density at radius 1 is 1.08 bits per heavy atom. The van der Waals surface area contributed by atoms with Gasteiger partial charge in [0.05, 0.1) is 33.3 Å². The SMILES string of the molecule is COc1cc(/C=N/NC(=O)CSc2ccccc2)cc(OC)c1OC. The molecule has 7 heteroatoms. The van der Waals surface area contributed by atoms with Gasteiger partial charge in [-0.3, -0.25) is 4.79 Å².